The summed E-state index contributed by atoms with van der Waals surface area (Å²) in [6, 6.07) is 8.37. The van der Waals surface area contributed by atoms with Gasteiger partial charge >= 0.3 is 6.09 Å². The highest BCUT2D eigenvalue weighted by molar-refractivity contribution is 5.97. The maximum Gasteiger partial charge on any atom is 0.404 e. The number of methoxy groups -OCH3 is 1. The number of aromatic nitrogens is 1. The summed E-state index contributed by atoms with van der Waals surface area (Å²) in [6.07, 6.45) is 9.29. The maximum atomic E-state index is 13.5. The molecule has 1 aromatic carbocycles. The topological polar surface area (TPSA) is 104 Å². The molecule has 2 aliphatic rings. The zero-order valence-corrected chi connectivity index (χ0v) is 22.0. The zero-order chi connectivity index (χ0) is 26.4. The molecule has 1 aliphatic carbocycles. The number of ether oxygens (including phenoxy) is 1. The van der Waals surface area contributed by atoms with Gasteiger partial charge in [0.15, 0.2) is 0 Å². The van der Waals surface area contributed by atoms with E-state index < -0.39 is 6.09 Å². The van der Waals surface area contributed by atoms with E-state index in [9.17, 15) is 9.59 Å². The lowest BCUT2D eigenvalue weighted by Crippen LogP contribution is -2.44. The number of amides is 2. The van der Waals surface area contributed by atoms with Crippen molar-refractivity contribution in [1.29, 1.82) is 0 Å². The second-order valence-electron chi connectivity index (χ2n) is 9.85. The maximum absolute atomic E-state index is 13.5. The molecular weight excluding hydrogens is 468 g/mol. The average molecular weight is 507 g/mol. The lowest BCUT2D eigenvalue weighted by atomic mass is 9.89. The number of benzene rings is 1. The smallest absolute Gasteiger partial charge is 0.404 e. The molecule has 8 nitrogen and oxygen atoms in total. The van der Waals surface area contributed by atoms with Crippen LogP contribution in [0.5, 0.6) is 5.88 Å². The molecular formula is C29H38N4O4. The number of aryl methyl sites for hydroxylation is 2. The highest BCUT2D eigenvalue weighted by Gasteiger charge is 2.28. The molecule has 0 spiro atoms. The SMILES string of the molecule is CCN(c1cccc2c1C/C=C\CCc1cc(C)nc(OC)c1CNC2=O)C1CCC(NC(=O)O)CC1. The summed E-state index contributed by atoms with van der Waals surface area (Å²) in [5.74, 6) is 0.459. The Morgan fingerprint density at radius 2 is 2.00 bits per heavy atom. The van der Waals surface area contributed by atoms with Crippen molar-refractivity contribution in [2.75, 3.05) is 18.6 Å². The number of carboxylic acid groups (broad SMARTS) is 1. The molecule has 198 valence electrons. The first-order valence-electron chi connectivity index (χ1n) is 13.3. The highest BCUT2D eigenvalue weighted by Crippen LogP contribution is 2.32. The first-order valence-corrected chi connectivity index (χ1v) is 13.3. The number of anilines is 1. The van der Waals surface area contributed by atoms with Crippen molar-refractivity contribution < 1.29 is 19.4 Å². The van der Waals surface area contributed by atoms with Crippen LogP contribution >= 0.6 is 0 Å². The van der Waals surface area contributed by atoms with Crippen molar-refractivity contribution in [3.63, 3.8) is 0 Å². The molecule has 37 heavy (non-hydrogen) atoms. The number of nitrogens with zero attached hydrogens (tertiary/aromatic N) is 2. The van der Waals surface area contributed by atoms with Gasteiger partial charge in [0.1, 0.15) is 0 Å². The van der Waals surface area contributed by atoms with E-state index in [0.29, 0.717) is 30.5 Å². The number of rotatable bonds is 5. The molecule has 8 heteroatoms. The molecule has 0 saturated heterocycles. The predicted octanol–water partition coefficient (Wildman–Crippen LogP) is 4.78. The number of carbonyl (C=O) groups excluding carboxylic acids is 1. The Morgan fingerprint density at radius 1 is 1.22 bits per heavy atom. The molecule has 2 amide bonds. The normalized spacial score (nSPS) is 20.8. The Morgan fingerprint density at radius 3 is 2.70 bits per heavy atom. The van der Waals surface area contributed by atoms with E-state index >= 15 is 0 Å². The van der Waals surface area contributed by atoms with Crippen LogP contribution in [0.3, 0.4) is 0 Å². The van der Waals surface area contributed by atoms with Gasteiger partial charge in [-0.25, -0.2) is 9.78 Å². The Hall–Kier alpha value is -3.55. The molecule has 0 unspecified atom stereocenters. The summed E-state index contributed by atoms with van der Waals surface area (Å²) < 4.78 is 5.56. The summed E-state index contributed by atoms with van der Waals surface area (Å²) in [6.45, 7) is 5.28. The van der Waals surface area contributed by atoms with Crippen LogP contribution in [0.1, 0.15) is 71.8 Å². The van der Waals surface area contributed by atoms with Gasteiger partial charge in [-0.1, -0.05) is 18.2 Å². The lowest BCUT2D eigenvalue weighted by molar-refractivity contribution is 0.0949. The fraction of sp³-hybridized carbons (Fsp3) is 0.483. The van der Waals surface area contributed by atoms with Crippen molar-refractivity contribution in [2.45, 2.75) is 77.4 Å². The van der Waals surface area contributed by atoms with E-state index in [2.05, 4.69) is 51.7 Å². The van der Waals surface area contributed by atoms with Crippen molar-refractivity contribution in [3.8, 4) is 5.88 Å². The van der Waals surface area contributed by atoms with Gasteiger partial charge in [0.25, 0.3) is 5.91 Å². The zero-order valence-electron chi connectivity index (χ0n) is 22.0. The summed E-state index contributed by atoms with van der Waals surface area (Å²) in [4.78, 5) is 31.5. The molecule has 2 aromatic rings. The van der Waals surface area contributed by atoms with Crippen LogP contribution < -0.4 is 20.3 Å². The van der Waals surface area contributed by atoms with Crippen molar-refractivity contribution >= 4 is 17.7 Å². The average Bonchev–Trinajstić information content (AvgIpc) is 2.88. The monoisotopic (exact) mass is 506 g/mol. The summed E-state index contributed by atoms with van der Waals surface area (Å²) in [5, 5.41) is 14.8. The number of nitrogens with one attached hydrogen (secondary N) is 2. The number of allylic oxidation sites excluding steroid dienone is 2. The molecule has 0 atom stereocenters. The second-order valence-corrected chi connectivity index (χ2v) is 9.85. The van der Waals surface area contributed by atoms with Gasteiger partial charge in [0, 0.05) is 47.7 Å². The van der Waals surface area contributed by atoms with Crippen LogP contribution in [0, 0.1) is 6.92 Å². The van der Waals surface area contributed by atoms with E-state index in [1.54, 1.807) is 7.11 Å². The lowest BCUT2D eigenvalue weighted by Gasteiger charge is -2.39. The quantitative estimate of drug-likeness (QED) is 0.505. The first-order chi connectivity index (χ1) is 17.9. The third-order valence-electron chi connectivity index (χ3n) is 7.51. The van der Waals surface area contributed by atoms with E-state index in [-0.39, 0.29) is 11.9 Å². The van der Waals surface area contributed by atoms with E-state index in [1.807, 2.05) is 19.1 Å². The molecule has 1 aromatic heterocycles. The van der Waals surface area contributed by atoms with E-state index in [0.717, 1.165) is 73.1 Å². The number of pyridine rings is 1. The van der Waals surface area contributed by atoms with Crippen molar-refractivity contribution in [2.24, 2.45) is 0 Å². The molecule has 3 N–H and O–H groups in total. The molecule has 0 radical (unpaired) electrons. The molecule has 1 saturated carbocycles. The number of carbonyl (C=O) groups is 2. The minimum Gasteiger partial charge on any atom is -0.481 e. The van der Waals surface area contributed by atoms with Crippen LogP contribution in [-0.2, 0) is 19.4 Å². The predicted molar refractivity (Wildman–Crippen MR) is 145 cm³/mol. The fourth-order valence-electron chi connectivity index (χ4n) is 5.74. The molecule has 1 fully saturated rings. The Bertz CT molecular complexity index is 1150. The third-order valence-corrected chi connectivity index (χ3v) is 7.51. The summed E-state index contributed by atoms with van der Waals surface area (Å²) in [5.41, 5.74) is 5.77. The first kappa shape index (κ1) is 26.5. The highest BCUT2D eigenvalue weighted by atomic mass is 16.5. The van der Waals surface area contributed by atoms with E-state index in [4.69, 9.17) is 9.84 Å². The largest absolute Gasteiger partial charge is 0.481 e. The van der Waals surface area contributed by atoms with Crippen LogP contribution in [0.2, 0.25) is 0 Å². The van der Waals surface area contributed by atoms with Crippen molar-refractivity contribution in [1.82, 2.24) is 15.6 Å². The summed E-state index contributed by atoms with van der Waals surface area (Å²) in [7, 11) is 1.62. The standard InChI is InChI=1S/C29H38N4O4/c1-4-33(22-15-13-21(14-16-22)32-29(35)36)26-12-8-11-24-23(26)10-7-5-6-9-20-17-19(2)31-28(37-3)25(20)18-30-27(24)34/h5,7-8,11-12,17,21-22,32H,4,6,9-10,13-16,18H2,1-3H3,(H,30,34)(H,35,36)/b7-5-. The van der Waals surface area contributed by atoms with Crippen LogP contribution in [-0.4, -0.2) is 47.8 Å². The number of hydrogen-bond donors (Lipinski definition) is 3. The minimum atomic E-state index is -0.956. The third kappa shape index (κ3) is 6.24. The van der Waals surface area contributed by atoms with Gasteiger partial charge in [-0.05, 0) is 88.1 Å². The van der Waals surface area contributed by atoms with Crippen LogP contribution in [0.15, 0.2) is 36.4 Å². The Balaban J connectivity index is 1.62. The van der Waals surface area contributed by atoms with Gasteiger partial charge in [-0.15, -0.1) is 0 Å². The molecule has 0 bridgehead atoms. The van der Waals surface area contributed by atoms with Gasteiger partial charge in [0.05, 0.1) is 7.11 Å². The van der Waals surface area contributed by atoms with E-state index in [1.165, 1.54) is 0 Å². The van der Waals surface area contributed by atoms with Crippen LogP contribution in [0.25, 0.3) is 0 Å². The number of fused-ring (bicyclic) bond motifs is 2. The van der Waals surface area contributed by atoms with Gasteiger partial charge < -0.3 is 25.4 Å². The molecule has 1 aliphatic heterocycles. The van der Waals surface area contributed by atoms with Crippen LogP contribution in [0.4, 0.5) is 10.5 Å². The second kappa shape index (κ2) is 12.1. The molecule has 4 rings (SSSR count). The van der Waals surface area contributed by atoms with Gasteiger partial charge in [-0.2, -0.15) is 0 Å². The van der Waals surface area contributed by atoms with Gasteiger partial charge in [-0.3, -0.25) is 4.79 Å². The van der Waals surface area contributed by atoms with Gasteiger partial charge in [0.2, 0.25) is 5.88 Å². The van der Waals surface area contributed by atoms with Crippen molar-refractivity contribution in [3.05, 3.63) is 64.4 Å². The fourth-order valence-corrected chi connectivity index (χ4v) is 5.74. The molecule has 2 heterocycles. The Kier molecular flexibility index (Phi) is 8.69. The Labute approximate surface area is 219 Å². The minimum absolute atomic E-state index is 0.00987. The summed E-state index contributed by atoms with van der Waals surface area (Å²) >= 11 is 0. The number of hydrogen-bond acceptors (Lipinski definition) is 5.